The lowest BCUT2D eigenvalue weighted by Gasteiger charge is -2.23. The Bertz CT molecular complexity index is 510. The molecule has 6 nitrogen and oxygen atoms in total. The first-order chi connectivity index (χ1) is 9.61. The second-order valence-electron chi connectivity index (χ2n) is 4.59. The van der Waals surface area contributed by atoms with Crippen LogP contribution >= 0.6 is 0 Å². The van der Waals surface area contributed by atoms with Crippen molar-refractivity contribution in [3.05, 3.63) is 29.3 Å². The van der Waals surface area contributed by atoms with Crippen LogP contribution in [0.15, 0.2) is 18.2 Å². The lowest BCUT2D eigenvalue weighted by molar-refractivity contribution is -0.120. The molecule has 0 bridgehead atoms. The molecule has 1 unspecified atom stereocenters. The van der Waals surface area contributed by atoms with Crippen molar-refractivity contribution >= 4 is 17.6 Å². The zero-order valence-corrected chi connectivity index (χ0v) is 11.6. The van der Waals surface area contributed by atoms with E-state index in [9.17, 15) is 9.59 Å². The molecule has 108 valence electrons. The van der Waals surface area contributed by atoms with Gasteiger partial charge in [-0.25, -0.2) is 4.79 Å². The van der Waals surface area contributed by atoms with Crippen molar-refractivity contribution in [1.82, 2.24) is 5.32 Å². The third-order valence-corrected chi connectivity index (χ3v) is 3.14. The Morgan fingerprint density at radius 2 is 2.25 bits per heavy atom. The maximum absolute atomic E-state index is 12.0. The summed E-state index contributed by atoms with van der Waals surface area (Å²) >= 11 is 0. The summed E-state index contributed by atoms with van der Waals surface area (Å²) in [6.45, 7) is 3.48. The van der Waals surface area contributed by atoms with E-state index >= 15 is 0 Å². The van der Waals surface area contributed by atoms with Crippen molar-refractivity contribution < 1.29 is 19.1 Å². The number of aryl methyl sites for hydroxylation is 1. The van der Waals surface area contributed by atoms with Gasteiger partial charge in [-0.05, 0) is 30.7 Å². The van der Waals surface area contributed by atoms with Gasteiger partial charge in [0.05, 0.1) is 25.9 Å². The topological polar surface area (TPSA) is 76.7 Å². The molecule has 1 heterocycles. The Morgan fingerprint density at radius 1 is 1.45 bits per heavy atom. The molecule has 0 radical (unpaired) electrons. The van der Waals surface area contributed by atoms with Crippen LogP contribution in [-0.2, 0) is 14.3 Å². The molecule has 1 aliphatic heterocycles. The summed E-state index contributed by atoms with van der Waals surface area (Å²) in [5, 5.41) is 5.92. The smallest absolute Gasteiger partial charge is 0.337 e. The molecule has 0 saturated carbocycles. The average Bonchev–Trinajstić information content (AvgIpc) is 2.49. The highest BCUT2D eigenvalue weighted by atomic mass is 16.5. The minimum absolute atomic E-state index is 0.140. The van der Waals surface area contributed by atoms with Gasteiger partial charge < -0.3 is 20.1 Å². The molecule has 0 aliphatic carbocycles. The zero-order chi connectivity index (χ0) is 14.5. The number of carbonyl (C=O) groups excluding carboxylic acids is 2. The van der Waals surface area contributed by atoms with Crippen molar-refractivity contribution in [3.8, 4) is 0 Å². The van der Waals surface area contributed by atoms with Crippen LogP contribution in [0.1, 0.15) is 15.9 Å². The molecule has 1 amide bonds. The van der Waals surface area contributed by atoms with E-state index in [4.69, 9.17) is 4.74 Å². The second kappa shape index (κ2) is 6.49. The standard InChI is InChI=1S/C14H18N2O4/c1-9-7-10(14(18)19-2)3-4-11(9)16-13(17)12-8-20-6-5-15-12/h3-4,7,12,15H,5-6,8H2,1-2H3,(H,16,17). The number of esters is 1. The normalized spacial score (nSPS) is 18.4. The van der Waals surface area contributed by atoms with Crippen LogP contribution in [0.25, 0.3) is 0 Å². The Balaban J connectivity index is 2.05. The SMILES string of the molecule is COC(=O)c1ccc(NC(=O)C2COCCN2)c(C)c1. The molecule has 1 fully saturated rings. The number of morpholine rings is 1. The predicted octanol–water partition coefficient (Wildman–Crippen LogP) is 0.709. The van der Waals surface area contributed by atoms with E-state index in [1.165, 1.54) is 7.11 Å². The molecule has 1 aliphatic rings. The fourth-order valence-corrected chi connectivity index (χ4v) is 2.00. The number of hydrogen-bond acceptors (Lipinski definition) is 5. The number of anilines is 1. The first kappa shape index (κ1) is 14.5. The number of amides is 1. The highest BCUT2D eigenvalue weighted by Gasteiger charge is 2.21. The van der Waals surface area contributed by atoms with Gasteiger partial charge in [0.15, 0.2) is 0 Å². The molecule has 2 rings (SSSR count). The highest BCUT2D eigenvalue weighted by Crippen LogP contribution is 2.17. The van der Waals surface area contributed by atoms with Crippen LogP contribution < -0.4 is 10.6 Å². The van der Waals surface area contributed by atoms with Crippen molar-refractivity contribution in [3.63, 3.8) is 0 Å². The molecular formula is C14H18N2O4. The summed E-state index contributed by atoms with van der Waals surface area (Å²) in [6, 6.07) is 4.66. The predicted molar refractivity (Wildman–Crippen MR) is 73.8 cm³/mol. The van der Waals surface area contributed by atoms with Gasteiger partial charge in [0.2, 0.25) is 5.91 Å². The zero-order valence-electron chi connectivity index (χ0n) is 11.6. The Morgan fingerprint density at radius 3 is 2.85 bits per heavy atom. The van der Waals surface area contributed by atoms with Crippen LogP contribution in [-0.4, -0.2) is 44.8 Å². The van der Waals surface area contributed by atoms with E-state index in [2.05, 4.69) is 15.4 Å². The molecule has 0 aromatic heterocycles. The van der Waals surface area contributed by atoms with E-state index in [0.717, 1.165) is 5.56 Å². The largest absolute Gasteiger partial charge is 0.465 e. The minimum atomic E-state index is -0.395. The van der Waals surface area contributed by atoms with Crippen LogP contribution in [0.2, 0.25) is 0 Å². The summed E-state index contributed by atoms with van der Waals surface area (Å²) in [4.78, 5) is 23.5. The van der Waals surface area contributed by atoms with Crippen LogP contribution in [0, 0.1) is 6.92 Å². The van der Waals surface area contributed by atoms with Crippen molar-refractivity contribution in [2.45, 2.75) is 13.0 Å². The highest BCUT2D eigenvalue weighted by molar-refractivity contribution is 5.96. The van der Waals surface area contributed by atoms with E-state index < -0.39 is 5.97 Å². The molecule has 1 aromatic rings. The van der Waals surface area contributed by atoms with E-state index in [0.29, 0.717) is 31.0 Å². The fourth-order valence-electron chi connectivity index (χ4n) is 2.00. The van der Waals surface area contributed by atoms with Gasteiger partial charge in [-0.15, -0.1) is 0 Å². The average molecular weight is 278 g/mol. The van der Waals surface area contributed by atoms with Gasteiger partial charge >= 0.3 is 5.97 Å². The van der Waals surface area contributed by atoms with Crippen LogP contribution in [0.3, 0.4) is 0 Å². The van der Waals surface area contributed by atoms with Gasteiger partial charge in [0.1, 0.15) is 6.04 Å². The van der Waals surface area contributed by atoms with Gasteiger partial charge in [-0.3, -0.25) is 4.79 Å². The first-order valence-corrected chi connectivity index (χ1v) is 6.43. The number of methoxy groups -OCH3 is 1. The third-order valence-electron chi connectivity index (χ3n) is 3.14. The number of rotatable bonds is 3. The number of hydrogen-bond donors (Lipinski definition) is 2. The molecule has 2 N–H and O–H groups in total. The lowest BCUT2D eigenvalue weighted by Crippen LogP contribution is -2.48. The van der Waals surface area contributed by atoms with Gasteiger partial charge in [-0.1, -0.05) is 0 Å². The maximum atomic E-state index is 12.0. The number of benzene rings is 1. The minimum Gasteiger partial charge on any atom is -0.465 e. The Labute approximate surface area is 117 Å². The lowest BCUT2D eigenvalue weighted by atomic mass is 10.1. The Hall–Kier alpha value is -1.92. The number of ether oxygens (including phenoxy) is 2. The summed E-state index contributed by atoms with van der Waals surface area (Å²) in [6.07, 6.45) is 0. The molecule has 20 heavy (non-hydrogen) atoms. The van der Waals surface area contributed by atoms with E-state index in [-0.39, 0.29) is 11.9 Å². The molecule has 1 saturated heterocycles. The van der Waals surface area contributed by atoms with Gasteiger partial charge in [0.25, 0.3) is 0 Å². The number of nitrogens with one attached hydrogen (secondary N) is 2. The molecular weight excluding hydrogens is 260 g/mol. The third kappa shape index (κ3) is 3.34. The van der Waals surface area contributed by atoms with Crippen LogP contribution in [0.5, 0.6) is 0 Å². The summed E-state index contributed by atoms with van der Waals surface area (Å²) in [7, 11) is 1.34. The number of carbonyl (C=O) groups is 2. The molecule has 1 aromatic carbocycles. The monoisotopic (exact) mass is 278 g/mol. The maximum Gasteiger partial charge on any atom is 0.337 e. The van der Waals surface area contributed by atoms with Crippen LogP contribution in [0.4, 0.5) is 5.69 Å². The fraction of sp³-hybridized carbons (Fsp3) is 0.429. The quantitative estimate of drug-likeness (QED) is 0.796. The van der Waals surface area contributed by atoms with E-state index in [1.807, 2.05) is 6.92 Å². The Kier molecular flexibility index (Phi) is 4.70. The molecule has 6 heteroatoms. The van der Waals surface area contributed by atoms with Crippen molar-refractivity contribution in [1.29, 1.82) is 0 Å². The van der Waals surface area contributed by atoms with Gasteiger partial charge in [-0.2, -0.15) is 0 Å². The summed E-state index contributed by atoms with van der Waals surface area (Å²) in [5.41, 5.74) is 1.94. The van der Waals surface area contributed by atoms with Crippen molar-refractivity contribution in [2.75, 3.05) is 32.2 Å². The van der Waals surface area contributed by atoms with Crippen molar-refractivity contribution in [2.24, 2.45) is 0 Å². The first-order valence-electron chi connectivity index (χ1n) is 6.43. The summed E-state index contributed by atoms with van der Waals surface area (Å²) < 4.78 is 9.91. The molecule has 1 atom stereocenters. The van der Waals surface area contributed by atoms with Gasteiger partial charge in [0, 0.05) is 12.2 Å². The second-order valence-corrected chi connectivity index (χ2v) is 4.59. The summed E-state index contributed by atoms with van der Waals surface area (Å²) in [5.74, 6) is -0.535. The molecule has 0 spiro atoms. The van der Waals surface area contributed by atoms with E-state index in [1.54, 1.807) is 18.2 Å².